The number of rotatable bonds is 3. The summed E-state index contributed by atoms with van der Waals surface area (Å²) in [7, 11) is 1.77. The summed E-state index contributed by atoms with van der Waals surface area (Å²) in [6.07, 6.45) is 6.91. The minimum Gasteiger partial charge on any atom is -0.478 e. The highest BCUT2D eigenvalue weighted by molar-refractivity contribution is 5.95. The molecule has 1 aromatic rings. The maximum absolute atomic E-state index is 12.3. The van der Waals surface area contributed by atoms with Gasteiger partial charge in [-0.3, -0.25) is 9.78 Å². The molecule has 1 N–H and O–H groups in total. The van der Waals surface area contributed by atoms with Crippen molar-refractivity contribution in [2.24, 2.45) is 0 Å². The molecule has 0 atom stereocenters. The van der Waals surface area contributed by atoms with E-state index in [0.29, 0.717) is 0 Å². The van der Waals surface area contributed by atoms with E-state index in [4.69, 9.17) is 5.11 Å². The summed E-state index contributed by atoms with van der Waals surface area (Å²) in [6, 6.07) is 2.97. The minimum absolute atomic E-state index is 0.0930. The topological polar surface area (TPSA) is 70.5 Å². The molecule has 0 bridgehead atoms. The second-order valence-corrected chi connectivity index (χ2v) is 4.94. The van der Waals surface area contributed by atoms with E-state index >= 15 is 0 Å². The summed E-state index contributed by atoms with van der Waals surface area (Å²) in [5.41, 5.74) is 0.295. The number of hydrogen-bond acceptors (Lipinski definition) is 3. The summed E-state index contributed by atoms with van der Waals surface area (Å²) in [6.45, 7) is 0. The predicted molar refractivity (Wildman–Crippen MR) is 70.2 cm³/mol. The van der Waals surface area contributed by atoms with Gasteiger partial charge in [-0.05, 0) is 25.0 Å². The first-order valence-electron chi connectivity index (χ1n) is 6.56. The third-order valence-corrected chi connectivity index (χ3v) is 3.67. The Balaban J connectivity index is 2.14. The molecule has 0 unspecified atom stereocenters. The smallest absolute Gasteiger partial charge is 0.335 e. The van der Waals surface area contributed by atoms with E-state index in [1.165, 1.54) is 24.8 Å². The summed E-state index contributed by atoms with van der Waals surface area (Å²) >= 11 is 0. The van der Waals surface area contributed by atoms with Crippen LogP contribution in [0.4, 0.5) is 0 Å². The van der Waals surface area contributed by atoms with Crippen molar-refractivity contribution in [1.82, 2.24) is 9.88 Å². The molecule has 0 aromatic carbocycles. The van der Waals surface area contributed by atoms with Crippen molar-refractivity contribution >= 4 is 11.9 Å². The molecule has 102 valence electrons. The normalized spacial score (nSPS) is 16.1. The number of aromatic carboxylic acids is 1. The molecule has 1 heterocycles. The lowest BCUT2D eigenvalue weighted by atomic mass is 9.94. The van der Waals surface area contributed by atoms with Gasteiger partial charge in [0.25, 0.3) is 5.91 Å². The van der Waals surface area contributed by atoms with Gasteiger partial charge in [0.2, 0.25) is 0 Å². The lowest BCUT2D eigenvalue weighted by Gasteiger charge is -2.31. The Morgan fingerprint density at radius 1 is 1.32 bits per heavy atom. The lowest BCUT2D eigenvalue weighted by Crippen LogP contribution is -2.38. The van der Waals surface area contributed by atoms with Crippen molar-refractivity contribution in [1.29, 1.82) is 0 Å². The number of pyridine rings is 1. The molecule has 1 saturated carbocycles. The average Bonchev–Trinajstić information content (AvgIpc) is 2.46. The number of carboxylic acids is 1. The van der Waals surface area contributed by atoms with Crippen molar-refractivity contribution in [3.05, 3.63) is 29.6 Å². The van der Waals surface area contributed by atoms with Crippen molar-refractivity contribution in [2.75, 3.05) is 7.05 Å². The van der Waals surface area contributed by atoms with Gasteiger partial charge in [-0.15, -0.1) is 0 Å². The molecule has 1 aromatic heterocycles. The predicted octanol–water partition coefficient (Wildman–Crippen LogP) is 2.18. The van der Waals surface area contributed by atoms with Crippen molar-refractivity contribution in [2.45, 2.75) is 38.1 Å². The Hall–Kier alpha value is -1.91. The lowest BCUT2D eigenvalue weighted by molar-refractivity contribution is 0.0690. The van der Waals surface area contributed by atoms with Crippen LogP contribution in [0.3, 0.4) is 0 Å². The maximum Gasteiger partial charge on any atom is 0.335 e. The number of carbonyl (C=O) groups is 2. The van der Waals surface area contributed by atoms with Crippen LogP contribution in [0.5, 0.6) is 0 Å². The fourth-order valence-corrected chi connectivity index (χ4v) is 2.50. The van der Waals surface area contributed by atoms with Crippen LogP contribution in [-0.2, 0) is 0 Å². The van der Waals surface area contributed by atoms with Crippen LogP contribution in [-0.4, -0.2) is 40.0 Å². The maximum atomic E-state index is 12.3. The summed E-state index contributed by atoms with van der Waals surface area (Å²) < 4.78 is 0. The molecule has 5 nitrogen and oxygen atoms in total. The van der Waals surface area contributed by atoms with Crippen molar-refractivity contribution in [3.63, 3.8) is 0 Å². The highest BCUT2D eigenvalue weighted by Gasteiger charge is 2.24. The zero-order valence-corrected chi connectivity index (χ0v) is 11.0. The van der Waals surface area contributed by atoms with E-state index in [2.05, 4.69) is 4.98 Å². The van der Waals surface area contributed by atoms with Crippen LogP contribution in [0.15, 0.2) is 18.3 Å². The van der Waals surface area contributed by atoms with E-state index in [0.717, 1.165) is 25.7 Å². The van der Waals surface area contributed by atoms with E-state index in [1.54, 1.807) is 11.9 Å². The number of nitrogens with zero attached hydrogens (tertiary/aromatic N) is 2. The highest BCUT2D eigenvalue weighted by atomic mass is 16.4. The summed E-state index contributed by atoms with van der Waals surface area (Å²) in [4.78, 5) is 28.9. The van der Waals surface area contributed by atoms with Crippen LogP contribution in [0.2, 0.25) is 0 Å². The van der Waals surface area contributed by atoms with Crippen molar-refractivity contribution < 1.29 is 14.7 Å². The Labute approximate surface area is 112 Å². The third kappa shape index (κ3) is 3.10. The molecule has 1 amide bonds. The third-order valence-electron chi connectivity index (χ3n) is 3.67. The molecular weight excluding hydrogens is 244 g/mol. The first-order chi connectivity index (χ1) is 9.09. The molecule has 19 heavy (non-hydrogen) atoms. The monoisotopic (exact) mass is 262 g/mol. The largest absolute Gasteiger partial charge is 0.478 e. The SMILES string of the molecule is CN(C(=O)c1cc(C(=O)O)ccn1)C1CCCCC1. The Bertz CT molecular complexity index is 481. The Kier molecular flexibility index (Phi) is 4.14. The molecule has 0 aliphatic heterocycles. The average molecular weight is 262 g/mol. The first kappa shape index (κ1) is 13.5. The molecule has 1 aliphatic rings. The molecule has 5 heteroatoms. The Morgan fingerprint density at radius 2 is 2.00 bits per heavy atom. The van der Waals surface area contributed by atoms with Crippen LogP contribution in [0.1, 0.15) is 53.0 Å². The number of amides is 1. The van der Waals surface area contributed by atoms with Crippen LogP contribution in [0, 0.1) is 0 Å². The Morgan fingerprint density at radius 3 is 2.63 bits per heavy atom. The molecule has 2 rings (SSSR count). The summed E-state index contributed by atoms with van der Waals surface area (Å²) in [5.74, 6) is -1.24. The fraction of sp³-hybridized carbons (Fsp3) is 0.500. The van der Waals surface area contributed by atoms with Crippen LogP contribution >= 0.6 is 0 Å². The fourth-order valence-electron chi connectivity index (χ4n) is 2.50. The number of carboxylic acid groups (broad SMARTS) is 1. The van der Waals surface area contributed by atoms with E-state index in [-0.39, 0.29) is 23.2 Å². The quantitative estimate of drug-likeness (QED) is 0.906. The van der Waals surface area contributed by atoms with Gasteiger partial charge in [0.05, 0.1) is 5.56 Å². The molecular formula is C14H18N2O3. The van der Waals surface area contributed by atoms with Gasteiger partial charge in [0, 0.05) is 19.3 Å². The van der Waals surface area contributed by atoms with Crippen LogP contribution < -0.4 is 0 Å². The minimum atomic E-state index is -1.04. The van der Waals surface area contributed by atoms with Gasteiger partial charge in [0.15, 0.2) is 0 Å². The molecule has 0 saturated heterocycles. The zero-order chi connectivity index (χ0) is 13.8. The van der Waals surface area contributed by atoms with E-state index < -0.39 is 5.97 Å². The molecule has 1 fully saturated rings. The van der Waals surface area contributed by atoms with Crippen molar-refractivity contribution in [3.8, 4) is 0 Å². The van der Waals surface area contributed by atoms with Crippen LogP contribution in [0.25, 0.3) is 0 Å². The van der Waals surface area contributed by atoms with E-state index in [1.807, 2.05) is 0 Å². The van der Waals surface area contributed by atoms with Gasteiger partial charge in [0.1, 0.15) is 5.69 Å². The molecule has 1 aliphatic carbocycles. The van der Waals surface area contributed by atoms with E-state index in [9.17, 15) is 9.59 Å². The number of carbonyl (C=O) groups excluding carboxylic acids is 1. The van der Waals surface area contributed by atoms with Gasteiger partial charge in [-0.25, -0.2) is 4.79 Å². The number of hydrogen-bond donors (Lipinski definition) is 1. The second kappa shape index (κ2) is 5.82. The molecule has 0 spiro atoms. The summed E-state index contributed by atoms with van der Waals surface area (Å²) in [5, 5.41) is 8.93. The number of aromatic nitrogens is 1. The van der Waals surface area contributed by atoms with Gasteiger partial charge >= 0.3 is 5.97 Å². The van der Waals surface area contributed by atoms with Gasteiger partial charge < -0.3 is 10.0 Å². The van der Waals surface area contributed by atoms with Gasteiger partial charge in [-0.2, -0.15) is 0 Å². The van der Waals surface area contributed by atoms with Gasteiger partial charge in [-0.1, -0.05) is 19.3 Å². The standard InChI is InChI=1S/C14H18N2O3/c1-16(11-5-3-2-4-6-11)13(17)12-9-10(14(18)19)7-8-15-12/h7-9,11H,2-6H2,1H3,(H,18,19). The highest BCUT2D eigenvalue weighted by Crippen LogP contribution is 2.22. The molecule has 0 radical (unpaired) electrons. The zero-order valence-electron chi connectivity index (χ0n) is 11.0. The second-order valence-electron chi connectivity index (χ2n) is 4.94. The first-order valence-corrected chi connectivity index (χ1v) is 6.56.